The number of nitrogens with one attached hydrogen (secondary N) is 2. The summed E-state index contributed by atoms with van der Waals surface area (Å²) in [5.74, 6) is 0.586. The molecule has 0 aliphatic rings. The lowest BCUT2D eigenvalue weighted by molar-refractivity contribution is -0.154. The van der Waals surface area contributed by atoms with Gasteiger partial charge in [0.1, 0.15) is 0 Å². The van der Waals surface area contributed by atoms with Crippen LogP contribution in [0.25, 0.3) is 0 Å². The van der Waals surface area contributed by atoms with Gasteiger partial charge in [0.2, 0.25) is 5.88 Å². The second kappa shape index (κ2) is 10.5. The van der Waals surface area contributed by atoms with Gasteiger partial charge in [-0.3, -0.25) is 0 Å². The maximum absolute atomic E-state index is 12.1. The highest BCUT2D eigenvalue weighted by Crippen LogP contribution is 2.17. The quantitative estimate of drug-likeness (QED) is 0.413. The summed E-state index contributed by atoms with van der Waals surface area (Å²) in [5, 5.41) is 6.11. The highest BCUT2D eigenvalue weighted by atomic mass is 127. The molecule has 0 saturated heterocycles. The highest BCUT2D eigenvalue weighted by molar-refractivity contribution is 14.0. The van der Waals surface area contributed by atoms with Crippen molar-refractivity contribution in [2.45, 2.75) is 26.6 Å². The average molecular weight is 432 g/mol. The minimum absolute atomic E-state index is 0. The number of ether oxygens (including phenoxy) is 1. The van der Waals surface area contributed by atoms with Crippen molar-refractivity contribution in [3.05, 3.63) is 23.9 Å². The lowest BCUT2D eigenvalue weighted by atomic mass is 10.3. The first-order valence-electron chi connectivity index (χ1n) is 6.61. The third-order valence-electron chi connectivity index (χ3n) is 2.29. The van der Waals surface area contributed by atoms with Crippen molar-refractivity contribution in [3.63, 3.8) is 0 Å². The molecule has 0 spiro atoms. The van der Waals surface area contributed by atoms with Gasteiger partial charge in [-0.05, 0) is 25.5 Å². The van der Waals surface area contributed by atoms with Crippen molar-refractivity contribution in [2.24, 2.45) is 4.99 Å². The summed E-state index contributed by atoms with van der Waals surface area (Å²) in [4.78, 5) is 8.05. The third kappa shape index (κ3) is 8.90. The Labute approximate surface area is 144 Å². The van der Waals surface area contributed by atoms with Crippen LogP contribution in [0, 0.1) is 0 Å². The zero-order chi connectivity index (χ0) is 15.7. The van der Waals surface area contributed by atoms with Gasteiger partial charge in [0.15, 0.2) is 12.6 Å². The largest absolute Gasteiger partial charge is 0.468 e. The molecule has 1 aromatic heterocycles. The summed E-state index contributed by atoms with van der Waals surface area (Å²) in [6.07, 6.45) is -2.98. The molecule has 0 atom stereocenters. The predicted octanol–water partition coefficient (Wildman–Crippen LogP) is 2.72. The molecule has 1 heterocycles. The standard InChI is InChI=1S/C13H19F3N4O.HI/c1-3-17-12(18-4-2)20-8-10-5-6-19-11(7-10)21-9-13(14,15)16;/h5-7H,3-4,8-9H2,1-2H3,(H2,17,18,20);1H. The fourth-order valence-electron chi connectivity index (χ4n) is 1.46. The van der Waals surface area contributed by atoms with Crippen molar-refractivity contribution in [2.75, 3.05) is 19.7 Å². The molecule has 0 fully saturated rings. The molecule has 0 aromatic carbocycles. The normalized spacial score (nSPS) is 10.4. The van der Waals surface area contributed by atoms with E-state index >= 15 is 0 Å². The number of alkyl halides is 3. The Kier molecular flexibility index (Phi) is 9.86. The third-order valence-corrected chi connectivity index (χ3v) is 2.29. The summed E-state index contributed by atoms with van der Waals surface area (Å²) >= 11 is 0. The van der Waals surface area contributed by atoms with E-state index in [1.807, 2.05) is 13.8 Å². The van der Waals surface area contributed by atoms with Crippen LogP contribution < -0.4 is 15.4 Å². The summed E-state index contributed by atoms with van der Waals surface area (Å²) in [7, 11) is 0. The van der Waals surface area contributed by atoms with Crippen molar-refractivity contribution in [3.8, 4) is 5.88 Å². The fourth-order valence-corrected chi connectivity index (χ4v) is 1.46. The number of hydrogen-bond donors (Lipinski definition) is 2. The Morgan fingerprint density at radius 2 is 1.91 bits per heavy atom. The zero-order valence-electron chi connectivity index (χ0n) is 12.4. The molecule has 0 saturated carbocycles. The van der Waals surface area contributed by atoms with E-state index in [0.29, 0.717) is 12.5 Å². The molecular weight excluding hydrogens is 412 g/mol. The summed E-state index contributed by atoms with van der Waals surface area (Å²) in [6, 6.07) is 3.13. The topological polar surface area (TPSA) is 58.5 Å². The fraction of sp³-hybridized carbons (Fsp3) is 0.538. The molecule has 0 amide bonds. The zero-order valence-corrected chi connectivity index (χ0v) is 14.7. The van der Waals surface area contributed by atoms with Crippen LogP contribution in [0.1, 0.15) is 19.4 Å². The van der Waals surface area contributed by atoms with Gasteiger partial charge in [0, 0.05) is 25.4 Å². The number of rotatable bonds is 6. The number of guanidine groups is 1. The molecular formula is C13H20F3IN4O. The van der Waals surface area contributed by atoms with E-state index in [-0.39, 0.29) is 29.9 Å². The van der Waals surface area contributed by atoms with Gasteiger partial charge in [-0.2, -0.15) is 13.2 Å². The Morgan fingerprint density at radius 1 is 1.27 bits per heavy atom. The molecule has 0 unspecified atom stereocenters. The Balaban J connectivity index is 0.00000441. The average Bonchev–Trinajstić information content (AvgIpc) is 2.43. The monoisotopic (exact) mass is 432 g/mol. The molecule has 0 aliphatic carbocycles. The van der Waals surface area contributed by atoms with E-state index in [2.05, 4.69) is 25.3 Å². The minimum Gasteiger partial charge on any atom is -0.468 e. The van der Waals surface area contributed by atoms with Gasteiger partial charge in [-0.15, -0.1) is 24.0 Å². The van der Waals surface area contributed by atoms with Crippen molar-refractivity contribution in [1.29, 1.82) is 0 Å². The molecule has 9 heteroatoms. The van der Waals surface area contributed by atoms with Crippen LogP contribution in [0.15, 0.2) is 23.3 Å². The van der Waals surface area contributed by atoms with Crippen LogP contribution in [-0.2, 0) is 6.54 Å². The second-order valence-corrected chi connectivity index (χ2v) is 4.13. The van der Waals surface area contributed by atoms with E-state index in [1.165, 1.54) is 12.3 Å². The van der Waals surface area contributed by atoms with Crippen LogP contribution in [-0.4, -0.2) is 36.8 Å². The van der Waals surface area contributed by atoms with E-state index in [9.17, 15) is 13.2 Å². The first-order valence-corrected chi connectivity index (χ1v) is 6.61. The van der Waals surface area contributed by atoms with Gasteiger partial charge in [0.25, 0.3) is 0 Å². The SMILES string of the molecule is CCNC(=NCc1ccnc(OCC(F)(F)F)c1)NCC.I. The number of hydrogen-bond acceptors (Lipinski definition) is 3. The molecule has 0 aliphatic heterocycles. The number of halogens is 4. The van der Waals surface area contributed by atoms with Crippen LogP contribution in [0.2, 0.25) is 0 Å². The summed E-state index contributed by atoms with van der Waals surface area (Å²) in [6.45, 7) is 4.31. The van der Waals surface area contributed by atoms with Crippen LogP contribution >= 0.6 is 24.0 Å². The highest BCUT2D eigenvalue weighted by Gasteiger charge is 2.28. The van der Waals surface area contributed by atoms with Gasteiger partial charge >= 0.3 is 6.18 Å². The Bertz CT molecular complexity index is 461. The van der Waals surface area contributed by atoms with Crippen molar-refractivity contribution in [1.82, 2.24) is 15.6 Å². The first kappa shape index (κ1) is 20.7. The molecule has 0 radical (unpaired) electrons. The second-order valence-electron chi connectivity index (χ2n) is 4.13. The van der Waals surface area contributed by atoms with Crippen LogP contribution in [0.4, 0.5) is 13.2 Å². The molecule has 126 valence electrons. The molecule has 0 bridgehead atoms. The molecule has 2 N–H and O–H groups in total. The van der Waals surface area contributed by atoms with Crippen molar-refractivity contribution < 1.29 is 17.9 Å². The van der Waals surface area contributed by atoms with Crippen LogP contribution in [0.5, 0.6) is 5.88 Å². The molecule has 22 heavy (non-hydrogen) atoms. The van der Waals surface area contributed by atoms with Gasteiger partial charge in [-0.25, -0.2) is 9.98 Å². The lowest BCUT2D eigenvalue weighted by Crippen LogP contribution is -2.36. The number of aromatic nitrogens is 1. The summed E-state index contributed by atoms with van der Waals surface area (Å²) < 4.78 is 40.8. The number of nitrogens with zero attached hydrogens (tertiary/aromatic N) is 2. The van der Waals surface area contributed by atoms with Crippen LogP contribution in [0.3, 0.4) is 0 Å². The van der Waals surface area contributed by atoms with Crippen molar-refractivity contribution >= 4 is 29.9 Å². The van der Waals surface area contributed by atoms with Gasteiger partial charge in [-0.1, -0.05) is 0 Å². The molecule has 1 aromatic rings. The molecule has 5 nitrogen and oxygen atoms in total. The minimum atomic E-state index is -4.38. The Hall–Kier alpha value is -1.26. The van der Waals surface area contributed by atoms with E-state index in [0.717, 1.165) is 18.7 Å². The van der Waals surface area contributed by atoms with E-state index in [4.69, 9.17) is 0 Å². The molecule has 1 rings (SSSR count). The van der Waals surface area contributed by atoms with Gasteiger partial charge < -0.3 is 15.4 Å². The first-order chi connectivity index (χ1) is 9.94. The Morgan fingerprint density at radius 3 is 2.45 bits per heavy atom. The smallest absolute Gasteiger partial charge is 0.422 e. The maximum atomic E-state index is 12.1. The van der Waals surface area contributed by atoms with Gasteiger partial charge in [0.05, 0.1) is 6.54 Å². The van der Waals surface area contributed by atoms with E-state index in [1.54, 1.807) is 6.07 Å². The summed E-state index contributed by atoms with van der Waals surface area (Å²) in [5.41, 5.74) is 0.718. The predicted molar refractivity (Wildman–Crippen MR) is 89.7 cm³/mol. The number of aliphatic imine (C=N–C) groups is 1. The lowest BCUT2D eigenvalue weighted by Gasteiger charge is -2.10. The maximum Gasteiger partial charge on any atom is 0.422 e. The number of pyridine rings is 1. The van der Waals surface area contributed by atoms with E-state index < -0.39 is 12.8 Å².